The average Bonchev–Trinajstić information content (AvgIpc) is 3.20. The fourth-order valence-electron chi connectivity index (χ4n) is 3.90. The molecule has 34 heavy (non-hydrogen) atoms. The number of aliphatic hydroxyl groups excluding tert-OH is 2. The first-order chi connectivity index (χ1) is 16.0. The van der Waals surface area contributed by atoms with Crippen LogP contribution in [0.5, 0.6) is 5.75 Å². The first kappa shape index (κ1) is 26.4. The highest BCUT2D eigenvalue weighted by atomic mass is 32.2. The summed E-state index contributed by atoms with van der Waals surface area (Å²) in [6.07, 6.45) is -4.36. The summed E-state index contributed by atoms with van der Waals surface area (Å²) < 4.78 is 71.5. The van der Waals surface area contributed by atoms with Crippen molar-refractivity contribution in [1.82, 2.24) is 9.21 Å². The van der Waals surface area contributed by atoms with Crippen LogP contribution in [0.1, 0.15) is 29.2 Å². The number of hydrogen-bond acceptors (Lipinski definition) is 6. The Hall–Kier alpha value is -2.18. The standard InChI is InChI=1S/C23H29F3N2O5S/c1-27(34(31,32)16-17-2-6-19(7-3-17)23(24,25)26)22(15-28-11-10-20(30)14-28)18-4-8-21(9-5-18)33-13-12-29/h2-9,20,22,29-30H,10-16H2,1H3. The fraction of sp³-hybridized carbons (Fsp3) is 0.478. The van der Waals surface area contributed by atoms with Crippen LogP contribution in [-0.2, 0) is 22.0 Å². The van der Waals surface area contributed by atoms with E-state index in [9.17, 15) is 26.7 Å². The third-order valence-electron chi connectivity index (χ3n) is 5.81. The number of likely N-dealkylation sites (tertiary alicyclic amines) is 1. The van der Waals surface area contributed by atoms with Crippen LogP contribution in [0.3, 0.4) is 0 Å². The Bertz CT molecular complexity index is 1030. The number of aliphatic hydroxyl groups is 2. The van der Waals surface area contributed by atoms with Gasteiger partial charge in [0.15, 0.2) is 0 Å². The van der Waals surface area contributed by atoms with Gasteiger partial charge in [0.05, 0.1) is 30.1 Å². The molecule has 1 heterocycles. The summed E-state index contributed by atoms with van der Waals surface area (Å²) in [5.41, 5.74) is 0.121. The number of rotatable bonds is 10. The van der Waals surface area contributed by atoms with Gasteiger partial charge in [-0.3, -0.25) is 4.90 Å². The lowest BCUT2D eigenvalue weighted by molar-refractivity contribution is -0.137. The van der Waals surface area contributed by atoms with Gasteiger partial charge in [0.1, 0.15) is 12.4 Å². The van der Waals surface area contributed by atoms with Gasteiger partial charge in [-0.15, -0.1) is 0 Å². The molecule has 2 unspecified atom stereocenters. The van der Waals surface area contributed by atoms with Gasteiger partial charge in [0.25, 0.3) is 0 Å². The van der Waals surface area contributed by atoms with Crippen molar-refractivity contribution in [2.75, 3.05) is 39.9 Å². The fourth-order valence-corrected chi connectivity index (χ4v) is 5.29. The van der Waals surface area contributed by atoms with E-state index in [2.05, 4.69) is 0 Å². The molecule has 2 atom stereocenters. The zero-order valence-electron chi connectivity index (χ0n) is 18.8. The maximum absolute atomic E-state index is 13.2. The molecule has 2 aromatic carbocycles. The van der Waals surface area contributed by atoms with Crippen molar-refractivity contribution in [3.05, 3.63) is 65.2 Å². The summed E-state index contributed by atoms with van der Waals surface area (Å²) in [6.45, 7) is 1.40. The van der Waals surface area contributed by atoms with Crippen LogP contribution in [0.2, 0.25) is 0 Å². The molecule has 0 spiro atoms. The van der Waals surface area contributed by atoms with Gasteiger partial charge in [-0.2, -0.15) is 17.5 Å². The Labute approximate surface area is 197 Å². The molecule has 1 fully saturated rings. The van der Waals surface area contributed by atoms with E-state index in [1.165, 1.54) is 23.5 Å². The third-order valence-corrected chi connectivity index (χ3v) is 7.64. The Morgan fingerprint density at radius 2 is 1.79 bits per heavy atom. The molecule has 7 nitrogen and oxygen atoms in total. The Kier molecular flexibility index (Phi) is 8.58. The second-order valence-electron chi connectivity index (χ2n) is 8.33. The summed E-state index contributed by atoms with van der Waals surface area (Å²) in [5.74, 6) is 0.0850. The molecule has 3 rings (SSSR count). The number of benzene rings is 2. The van der Waals surface area contributed by atoms with Crippen LogP contribution in [0, 0.1) is 0 Å². The maximum Gasteiger partial charge on any atom is 0.416 e. The normalized spacial score (nSPS) is 18.4. The van der Waals surface area contributed by atoms with E-state index in [0.29, 0.717) is 37.4 Å². The lowest BCUT2D eigenvalue weighted by atomic mass is 10.1. The van der Waals surface area contributed by atoms with Crippen molar-refractivity contribution in [1.29, 1.82) is 0 Å². The van der Waals surface area contributed by atoms with Crippen LogP contribution in [0.4, 0.5) is 13.2 Å². The van der Waals surface area contributed by atoms with Gasteiger partial charge >= 0.3 is 6.18 Å². The largest absolute Gasteiger partial charge is 0.491 e. The van der Waals surface area contributed by atoms with E-state index in [1.807, 2.05) is 4.90 Å². The number of hydrogen-bond donors (Lipinski definition) is 2. The molecule has 0 aliphatic carbocycles. The quantitative estimate of drug-likeness (QED) is 0.519. The Morgan fingerprint density at radius 1 is 1.15 bits per heavy atom. The first-order valence-electron chi connectivity index (χ1n) is 10.9. The monoisotopic (exact) mass is 502 g/mol. The summed E-state index contributed by atoms with van der Waals surface area (Å²) >= 11 is 0. The number of nitrogens with zero attached hydrogens (tertiary/aromatic N) is 2. The van der Waals surface area contributed by atoms with Crippen molar-refractivity contribution in [2.45, 2.75) is 30.5 Å². The third kappa shape index (κ3) is 6.92. The zero-order valence-corrected chi connectivity index (χ0v) is 19.6. The van der Waals surface area contributed by atoms with E-state index >= 15 is 0 Å². The first-order valence-corrected chi connectivity index (χ1v) is 12.5. The predicted octanol–water partition coefficient (Wildman–Crippen LogP) is 2.65. The van der Waals surface area contributed by atoms with Gasteiger partial charge in [-0.05, 0) is 41.8 Å². The van der Waals surface area contributed by atoms with E-state index in [-0.39, 0.29) is 18.8 Å². The van der Waals surface area contributed by atoms with Crippen LogP contribution < -0.4 is 4.74 Å². The van der Waals surface area contributed by atoms with Crippen molar-refractivity contribution in [2.24, 2.45) is 0 Å². The minimum Gasteiger partial charge on any atom is -0.491 e. The zero-order chi connectivity index (χ0) is 24.9. The van der Waals surface area contributed by atoms with E-state index < -0.39 is 39.7 Å². The molecule has 1 aliphatic heterocycles. The van der Waals surface area contributed by atoms with Crippen molar-refractivity contribution in [3.63, 3.8) is 0 Å². The second kappa shape index (κ2) is 11.0. The molecule has 2 N–H and O–H groups in total. The van der Waals surface area contributed by atoms with E-state index in [0.717, 1.165) is 12.1 Å². The van der Waals surface area contributed by atoms with Crippen LogP contribution >= 0.6 is 0 Å². The molecule has 1 aliphatic rings. The minimum atomic E-state index is -4.49. The molecule has 0 radical (unpaired) electrons. The number of sulfonamides is 1. The molecule has 0 bridgehead atoms. The number of likely N-dealkylation sites (N-methyl/N-ethyl adjacent to an activating group) is 1. The van der Waals surface area contributed by atoms with Crippen molar-refractivity contribution < 1.29 is 36.5 Å². The van der Waals surface area contributed by atoms with Crippen molar-refractivity contribution in [3.8, 4) is 5.75 Å². The Balaban J connectivity index is 1.82. The number of β-amino-alcohol motifs (C(OH)–C–C–N with tert-alkyl or cyclic N) is 1. The minimum absolute atomic E-state index is 0.132. The topological polar surface area (TPSA) is 90.3 Å². The van der Waals surface area contributed by atoms with Gasteiger partial charge < -0.3 is 14.9 Å². The molecule has 11 heteroatoms. The second-order valence-corrected chi connectivity index (χ2v) is 10.4. The highest BCUT2D eigenvalue weighted by Crippen LogP contribution is 2.31. The van der Waals surface area contributed by atoms with Crippen LogP contribution in [0.15, 0.2) is 48.5 Å². The average molecular weight is 503 g/mol. The molecule has 0 amide bonds. The molecule has 0 aromatic heterocycles. The highest BCUT2D eigenvalue weighted by molar-refractivity contribution is 7.88. The summed E-state index contributed by atoms with van der Waals surface area (Å²) in [5, 5.41) is 18.8. The summed E-state index contributed by atoms with van der Waals surface area (Å²) in [4.78, 5) is 1.98. The van der Waals surface area contributed by atoms with E-state index in [4.69, 9.17) is 9.84 Å². The van der Waals surface area contributed by atoms with Crippen LogP contribution in [0.25, 0.3) is 0 Å². The number of halogens is 3. The smallest absolute Gasteiger partial charge is 0.416 e. The van der Waals surface area contributed by atoms with E-state index in [1.54, 1.807) is 24.3 Å². The summed E-state index contributed by atoms with van der Waals surface area (Å²) in [6, 6.07) is 10.4. The summed E-state index contributed by atoms with van der Waals surface area (Å²) in [7, 11) is -2.44. The van der Waals surface area contributed by atoms with Crippen LogP contribution in [-0.4, -0.2) is 73.8 Å². The van der Waals surface area contributed by atoms with Gasteiger partial charge in [0, 0.05) is 26.7 Å². The lowest BCUT2D eigenvalue weighted by Gasteiger charge is -2.31. The Morgan fingerprint density at radius 3 is 2.32 bits per heavy atom. The molecular weight excluding hydrogens is 473 g/mol. The highest BCUT2D eigenvalue weighted by Gasteiger charge is 2.33. The SMILES string of the molecule is CN(C(CN1CCC(O)C1)c1ccc(OCCO)cc1)S(=O)(=O)Cc1ccc(C(F)(F)F)cc1. The molecule has 1 saturated heterocycles. The molecule has 0 saturated carbocycles. The number of alkyl halides is 3. The molecule has 2 aromatic rings. The predicted molar refractivity (Wildman–Crippen MR) is 121 cm³/mol. The van der Waals surface area contributed by atoms with Gasteiger partial charge in [-0.25, -0.2) is 8.42 Å². The number of ether oxygens (including phenoxy) is 1. The maximum atomic E-state index is 13.2. The van der Waals surface area contributed by atoms with Crippen molar-refractivity contribution >= 4 is 10.0 Å². The van der Waals surface area contributed by atoms with Gasteiger partial charge in [-0.1, -0.05) is 24.3 Å². The van der Waals surface area contributed by atoms with Gasteiger partial charge in [0.2, 0.25) is 10.0 Å². The lowest BCUT2D eigenvalue weighted by Crippen LogP contribution is -2.39. The molecular formula is C23H29F3N2O5S. The molecule has 188 valence electrons.